The molecule has 1 N–H and O–H groups in total. The fourth-order valence-corrected chi connectivity index (χ4v) is 5.46. The third-order valence-electron chi connectivity index (χ3n) is 7.17. The molecule has 9 heteroatoms. The van der Waals surface area contributed by atoms with Gasteiger partial charge in [-0.3, -0.25) is 14.4 Å². The standard InChI is InChI=1S/C28H26ClFN2O5/c1-31-16-28(12-19(33)13-28)32-14-20(22(34)11-10-18-8-5-9-21(29)23(18)30)25(35)26(24(32)27(31)36)37-15-17-6-3-2-4-7-17/h2-9,14,19,33H,10-13,15-16H2,1H3. The number of aliphatic hydroxyl groups excluding tert-OH is 1. The van der Waals surface area contributed by atoms with Crippen LogP contribution in [-0.2, 0) is 18.6 Å². The molecule has 1 aliphatic heterocycles. The first-order chi connectivity index (χ1) is 17.7. The molecule has 0 saturated heterocycles. The lowest BCUT2D eigenvalue weighted by atomic mass is 9.72. The maximum atomic E-state index is 14.4. The lowest BCUT2D eigenvalue weighted by Crippen LogP contribution is -2.61. The summed E-state index contributed by atoms with van der Waals surface area (Å²) in [6.45, 7) is 0.360. The molecular formula is C28H26ClFN2O5. The lowest BCUT2D eigenvalue weighted by Gasteiger charge is -2.52. The number of aliphatic hydroxyl groups is 1. The van der Waals surface area contributed by atoms with Crippen molar-refractivity contribution < 1.29 is 23.8 Å². The van der Waals surface area contributed by atoms with Crippen molar-refractivity contribution in [2.45, 2.75) is 43.9 Å². The van der Waals surface area contributed by atoms with E-state index >= 15 is 0 Å². The smallest absolute Gasteiger partial charge is 0.274 e. The van der Waals surface area contributed by atoms with Gasteiger partial charge < -0.3 is 19.3 Å². The van der Waals surface area contributed by atoms with E-state index in [1.807, 2.05) is 30.3 Å². The quantitative estimate of drug-likeness (QED) is 0.472. The molecule has 192 valence electrons. The molecule has 37 heavy (non-hydrogen) atoms. The van der Waals surface area contributed by atoms with Gasteiger partial charge in [0.25, 0.3) is 5.91 Å². The predicted molar refractivity (Wildman–Crippen MR) is 136 cm³/mol. The number of pyridine rings is 1. The highest BCUT2D eigenvalue weighted by atomic mass is 35.5. The number of ketones is 1. The molecule has 1 saturated carbocycles. The fraction of sp³-hybridized carbons (Fsp3) is 0.321. The maximum absolute atomic E-state index is 14.4. The molecule has 7 nitrogen and oxygen atoms in total. The summed E-state index contributed by atoms with van der Waals surface area (Å²) < 4.78 is 22.0. The molecule has 1 spiro atoms. The molecule has 3 aromatic rings. The molecule has 1 fully saturated rings. The van der Waals surface area contributed by atoms with Crippen molar-refractivity contribution >= 4 is 23.3 Å². The molecule has 2 aliphatic rings. The summed E-state index contributed by atoms with van der Waals surface area (Å²) in [5.41, 5.74) is -0.331. The maximum Gasteiger partial charge on any atom is 0.274 e. The normalized spacial score (nSPS) is 20.5. The van der Waals surface area contributed by atoms with Gasteiger partial charge in [-0.15, -0.1) is 0 Å². The Bertz CT molecular complexity index is 1430. The first-order valence-electron chi connectivity index (χ1n) is 12.1. The minimum Gasteiger partial charge on any atom is -0.483 e. The Kier molecular flexibility index (Phi) is 6.64. The second-order valence-corrected chi connectivity index (χ2v) is 10.2. The molecule has 1 aliphatic carbocycles. The highest BCUT2D eigenvalue weighted by molar-refractivity contribution is 6.30. The first-order valence-corrected chi connectivity index (χ1v) is 12.4. The van der Waals surface area contributed by atoms with Crippen LogP contribution in [0.25, 0.3) is 0 Å². The Labute approximate surface area is 218 Å². The van der Waals surface area contributed by atoms with E-state index in [1.165, 1.54) is 17.2 Å². The zero-order valence-corrected chi connectivity index (χ0v) is 21.0. The van der Waals surface area contributed by atoms with Crippen LogP contribution in [-0.4, -0.2) is 46.0 Å². The number of halogens is 2. The number of fused-ring (bicyclic) bond motifs is 2. The molecule has 2 heterocycles. The second kappa shape index (κ2) is 9.76. The van der Waals surface area contributed by atoms with E-state index in [2.05, 4.69) is 0 Å². The van der Waals surface area contributed by atoms with Gasteiger partial charge in [0.2, 0.25) is 5.43 Å². The summed E-state index contributed by atoms with van der Waals surface area (Å²) >= 11 is 5.86. The largest absolute Gasteiger partial charge is 0.483 e. The molecule has 1 aromatic heterocycles. The number of Topliss-reactive ketones (excluding diaryl/α,β-unsaturated/α-hetero) is 1. The van der Waals surface area contributed by atoms with Crippen molar-refractivity contribution in [3.8, 4) is 5.75 Å². The molecule has 0 atom stereocenters. The Morgan fingerprint density at radius 3 is 2.59 bits per heavy atom. The second-order valence-electron chi connectivity index (χ2n) is 9.78. The van der Waals surface area contributed by atoms with Gasteiger partial charge in [-0.25, -0.2) is 4.39 Å². The summed E-state index contributed by atoms with van der Waals surface area (Å²) in [4.78, 5) is 41.7. The van der Waals surface area contributed by atoms with E-state index in [0.29, 0.717) is 19.4 Å². The number of aromatic nitrogens is 1. The number of aryl methyl sites for hydroxylation is 1. The van der Waals surface area contributed by atoms with Crippen LogP contribution in [0.1, 0.15) is 51.2 Å². The van der Waals surface area contributed by atoms with E-state index in [4.69, 9.17) is 16.3 Å². The van der Waals surface area contributed by atoms with Crippen LogP contribution in [0.5, 0.6) is 5.75 Å². The van der Waals surface area contributed by atoms with Gasteiger partial charge in [-0.05, 0) is 36.5 Å². The number of rotatable bonds is 7. The van der Waals surface area contributed by atoms with Gasteiger partial charge in [0.15, 0.2) is 17.2 Å². The number of amides is 1. The highest BCUT2D eigenvalue weighted by Gasteiger charge is 2.51. The van der Waals surface area contributed by atoms with Gasteiger partial charge in [-0.2, -0.15) is 0 Å². The van der Waals surface area contributed by atoms with Crippen molar-refractivity contribution in [2.24, 2.45) is 0 Å². The SMILES string of the molecule is CN1CC2(CC(O)C2)n2cc(C(=O)CCc3cccc(Cl)c3F)c(=O)c(OCc3ccccc3)c2C1=O. The number of nitrogens with zero attached hydrogens (tertiary/aromatic N) is 2. The molecule has 0 bridgehead atoms. The van der Waals surface area contributed by atoms with E-state index in [0.717, 1.165) is 5.56 Å². The monoisotopic (exact) mass is 524 g/mol. The van der Waals surface area contributed by atoms with Crippen molar-refractivity contribution in [2.75, 3.05) is 13.6 Å². The summed E-state index contributed by atoms with van der Waals surface area (Å²) in [6, 6.07) is 13.7. The third-order valence-corrected chi connectivity index (χ3v) is 7.46. The van der Waals surface area contributed by atoms with E-state index < -0.39 is 34.6 Å². The summed E-state index contributed by atoms with van der Waals surface area (Å²) in [7, 11) is 1.64. The van der Waals surface area contributed by atoms with Crippen LogP contribution >= 0.6 is 11.6 Å². The minimum atomic E-state index is -0.683. The Morgan fingerprint density at radius 2 is 1.89 bits per heavy atom. The summed E-state index contributed by atoms with van der Waals surface area (Å²) in [6.07, 6.45) is 1.54. The van der Waals surface area contributed by atoms with Gasteiger partial charge in [0, 0.05) is 26.2 Å². The molecule has 5 rings (SSSR count). The van der Waals surface area contributed by atoms with Crippen LogP contribution in [0.15, 0.2) is 59.5 Å². The molecule has 0 radical (unpaired) electrons. The van der Waals surface area contributed by atoms with Crippen LogP contribution in [0.4, 0.5) is 4.39 Å². The lowest BCUT2D eigenvalue weighted by molar-refractivity contribution is -0.0455. The van der Waals surface area contributed by atoms with E-state index in [-0.39, 0.29) is 47.0 Å². The predicted octanol–water partition coefficient (Wildman–Crippen LogP) is 3.97. The molecular weight excluding hydrogens is 499 g/mol. The van der Waals surface area contributed by atoms with Crippen LogP contribution in [0.2, 0.25) is 5.02 Å². The van der Waals surface area contributed by atoms with Crippen LogP contribution in [0.3, 0.4) is 0 Å². The molecule has 1 amide bonds. The number of hydrogen-bond acceptors (Lipinski definition) is 5. The van der Waals surface area contributed by atoms with Crippen molar-refractivity contribution in [3.63, 3.8) is 0 Å². The van der Waals surface area contributed by atoms with E-state index in [9.17, 15) is 23.9 Å². The first kappa shape index (κ1) is 25.2. The Balaban J connectivity index is 1.56. The number of benzene rings is 2. The number of hydrogen-bond donors (Lipinski definition) is 1. The van der Waals surface area contributed by atoms with Crippen LogP contribution in [0, 0.1) is 5.82 Å². The summed E-state index contributed by atoms with van der Waals surface area (Å²) in [5, 5.41) is 10.1. The van der Waals surface area contributed by atoms with E-state index in [1.54, 1.807) is 23.7 Å². The average Bonchev–Trinajstić information content (AvgIpc) is 2.86. The van der Waals surface area contributed by atoms with Gasteiger partial charge in [0.1, 0.15) is 12.4 Å². The Hall–Kier alpha value is -3.49. The number of carbonyl (C=O) groups is 2. The minimum absolute atomic E-state index is 0.0288. The summed E-state index contributed by atoms with van der Waals surface area (Å²) in [5.74, 6) is -1.68. The van der Waals surface area contributed by atoms with Crippen molar-refractivity contribution in [1.29, 1.82) is 0 Å². The molecule has 2 aromatic carbocycles. The Morgan fingerprint density at radius 1 is 1.16 bits per heavy atom. The third kappa shape index (κ3) is 4.55. The van der Waals surface area contributed by atoms with Crippen molar-refractivity contribution in [3.05, 3.63) is 98.2 Å². The fourth-order valence-electron chi connectivity index (χ4n) is 5.27. The van der Waals surface area contributed by atoms with Gasteiger partial charge in [0.05, 0.1) is 22.2 Å². The van der Waals surface area contributed by atoms with Crippen molar-refractivity contribution in [1.82, 2.24) is 9.47 Å². The number of carbonyl (C=O) groups excluding carboxylic acids is 2. The average molecular weight is 525 g/mol. The zero-order valence-electron chi connectivity index (χ0n) is 20.2. The molecule has 0 unspecified atom stereocenters. The van der Waals surface area contributed by atoms with Crippen LogP contribution < -0.4 is 10.2 Å². The number of ether oxygens (including phenoxy) is 1. The number of likely N-dealkylation sites (N-methyl/N-ethyl adjacent to an activating group) is 1. The zero-order chi connectivity index (χ0) is 26.3. The topological polar surface area (TPSA) is 88.8 Å². The van der Waals surface area contributed by atoms with Gasteiger partial charge >= 0.3 is 0 Å². The highest BCUT2D eigenvalue weighted by Crippen LogP contribution is 2.44. The van der Waals surface area contributed by atoms with Gasteiger partial charge in [-0.1, -0.05) is 54.1 Å².